The molecule has 0 saturated heterocycles. The second-order valence-corrected chi connectivity index (χ2v) is 3.41. The molecule has 1 heterocycles. The van der Waals surface area contributed by atoms with Gasteiger partial charge in [-0.3, -0.25) is 5.10 Å². The van der Waals surface area contributed by atoms with E-state index >= 15 is 0 Å². The van der Waals surface area contributed by atoms with Crippen molar-refractivity contribution in [3.8, 4) is 0 Å². The normalized spacial score (nSPS) is 13.8. The van der Waals surface area contributed by atoms with Crippen LogP contribution in [-0.4, -0.2) is 17.2 Å². The van der Waals surface area contributed by atoms with E-state index in [-0.39, 0.29) is 0 Å². The molecule has 0 radical (unpaired) electrons. The zero-order chi connectivity index (χ0) is 9.14. The van der Waals surface area contributed by atoms with Gasteiger partial charge >= 0.3 is 0 Å². The second-order valence-electron chi connectivity index (χ2n) is 3.41. The van der Waals surface area contributed by atoms with Gasteiger partial charge in [0.05, 0.1) is 11.4 Å². The minimum Gasteiger partial charge on any atom is -0.312 e. The molecule has 0 saturated carbocycles. The Balaban J connectivity index is 2.77. The van der Waals surface area contributed by atoms with E-state index in [0.717, 1.165) is 11.4 Å². The molecule has 1 unspecified atom stereocenters. The summed E-state index contributed by atoms with van der Waals surface area (Å²) < 4.78 is 0. The van der Waals surface area contributed by atoms with Crippen LogP contribution >= 0.6 is 0 Å². The maximum atomic E-state index is 4.22. The Morgan fingerprint density at radius 2 is 2.08 bits per heavy atom. The van der Waals surface area contributed by atoms with E-state index in [4.69, 9.17) is 0 Å². The molecule has 2 N–H and O–H groups in total. The number of aromatic amines is 1. The van der Waals surface area contributed by atoms with Crippen LogP contribution < -0.4 is 5.32 Å². The Labute approximate surface area is 73.6 Å². The molecule has 3 heteroatoms. The fourth-order valence-electron chi connectivity index (χ4n) is 1.03. The third-order valence-electron chi connectivity index (χ3n) is 2.11. The van der Waals surface area contributed by atoms with Gasteiger partial charge in [0.2, 0.25) is 0 Å². The van der Waals surface area contributed by atoms with Crippen LogP contribution in [0.25, 0.3) is 0 Å². The zero-order valence-corrected chi connectivity index (χ0v) is 8.18. The molecule has 1 aromatic rings. The van der Waals surface area contributed by atoms with Crippen LogP contribution in [0.3, 0.4) is 0 Å². The standard InChI is InChI=1S/C9H17N3/c1-6(2)8-5-9(12-11-8)7(3)10-4/h5-7,10H,1-4H3,(H,11,12). The van der Waals surface area contributed by atoms with Crippen LogP contribution in [-0.2, 0) is 0 Å². The lowest BCUT2D eigenvalue weighted by Crippen LogP contribution is -2.12. The van der Waals surface area contributed by atoms with E-state index in [9.17, 15) is 0 Å². The van der Waals surface area contributed by atoms with Crippen molar-refractivity contribution in [3.05, 3.63) is 17.5 Å². The van der Waals surface area contributed by atoms with Gasteiger partial charge < -0.3 is 5.32 Å². The van der Waals surface area contributed by atoms with Crippen molar-refractivity contribution in [2.45, 2.75) is 32.7 Å². The average Bonchev–Trinajstić information content (AvgIpc) is 2.51. The molecule has 0 amide bonds. The van der Waals surface area contributed by atoms with Crippen LogP contribution in [0.2, 0.25) is 0 Å². The Hall–Kier alpha value is -0.830. The van der Waals surface area contributed by atoms with Gasteiger partial charge in [0.15, 0.2) is 0 Å². The highest BCUT2D eigenvalue weighted by atomic mass is 15.1. The predicted molar refractivity (Wildman–Crippen MR) is 50.2 cm³/mol. The molecule has 0 fully saturated rings. The van der Waals surface area contributed by atoms with Crippen molar-refractivity contribution in [1.29, 1.82) is 0 Å². The summed E-state index contributed by atoms with van der Waals surface area (Å²) in [4.78, 5) is 0. The summed E-state index contributed by atoms with van der Waals surface area (Å²) in [5, 5.41) is 10.4. The molecule has 1 rings (SSSR count). The molecule has 0 aliphatic rings. The molecule has 0 aliphatic carbocycles. The predicted octanol–water partition coefficient (Wildman–Crippen LogP) is 1.81. The van der Waals surface area contributed by atoms with E-state index in [2.05, 4.69) is 42.4 Å². The van der Waals surface area contributed by atoms with Crippen LogP contribution in [0.1, 0.15) is 44.1 Å². The monoisotopic (exact) mass is 167 g/mol. The smallest absolute Gasteiger partial charge is 0.0650 e. The third-order valence-corrected chi connectivity index (χ3v) is 2.11. The Morgan fingerprint density at radius 3 is 2.50 bits per heavy atom. The first-order chi connectivity index (χ1) is 5.65. The Kier molecular flexibility index (Phi) is 2.87. The lowest BCUT2D eigenvalue weighted by molar-refractivity contribution is 0.630. The largest absolute Gasteiger partial charge is 0.312 e. The summed E-state index contributed by atoms with van der Waals surface area (Å²) in [6.07, 6.45) is 0. The number of H-pyrrole nitrogens is 1. The van der Waals surface area contributed by atoms with Gasteiger partial charge in [-0.1, -0.05) is 13.8 Å². The van der Waals surface area contributed by atoms with E-state index in [0.29, 0.717) is 12.0 Å². The van der Waals surface area contributed by atoms with Gasteiger partial charge in [0.1, 0.15) is 0 Å². The van der Waals surface area contributed by atoms with E-state index < -0.39 is 0 Å². The first kappa shape index (κ1) is 9.26. The molecular weight excluding hydrogens is 150 g/mol. The quantitative estimate of drug-likeness (QED) is 0.721. The summed E-state index contributed by atoms with van der Waals surface area (Å²) >= 11 is 0. The molecule has 0 bridgehead atoms. The number of hydrogen-bond acceptors (Lipinski definition) is 2. The number of rotatable bonds is 3. The molecule has 1 atom stereocenters. The van der Waals surface area contributed by atoms with E-state index in [1.165, 1.54) is 0 Å². The fraction of sp³-hybridized carbons (Fsp3) is 0.667. The number of aromatic nitrogens is 2. The molecular formula is C9H17N3. The lowest BCUT2D eigenvalue weighted by atomic mass is 10.1. The van der Waals surface area contributed by atoms with E-state index in [1.807, 2.05) is 7.05 Å². The molecule has 0 spiro atoms. The maximum Gasteiger partial charge on any atom is 0.0650 e. The van der Waals surface area contributed by atoms with Gasteiger partial charge in [0, 0.05) is 6.04 Å². The summed E-state index contributed by atoms with van der Waals surface area (Å²) in [7, 11) is 1.94. The van der Waals surface area contributed by atoms with Gasteiger partial charge in [0.25, 0.3) is 0 Å². The van der Waals surface area contributed by atoms with Crippen molar-refractivity contribution < 1.29 is 0 Å². The molecule has 0 aromatic carbocycles. The SMILES string of the molecule is CNC(C)c1cc(C(C)C)n[nH]1. The molecule has 12 heavy (non-hydrogen) atoms. The molecule has 1 aromatic heterocycles. The number of hydrogen-bond donors (Lipinski definition) is 2. The minimum absolute atomic E-state index is 0.352. The molecule has 0 aliphatic heterocycles. The summed E-state index contributed by atoms with van der Waals surface area (Å²) in [5.41, 5.74) is 2.29. The number of nitrogens with one attached hydrogen (secondary N) is 2. The minimum atomic E-state index is 0.352. The van der Waals surface area contributed by atoms with Crippen LogP contribution in [0.15, 0.2) is 6.07 Å². The fourth-order valence-corrected chi connectivity index (χ4v) is 1.03. The van der Waals surface area contributed by atoms with Crippen molar-refractivity contribution >= 4 is 0 Å². The van der Waals surface area contributed by atoms with Gasteiger partial charge in [-0.2, -0.15) is 5.10 Å². The molecule has 68 valence electrons. The van der Waals surface area contributed by atoms with Crippen LogP contribution in [0.5, 0.6) is 0 Å². The summed E-state index contributed by atoms with van der Waals surface area (Å²) in [6.45, 7) is 6.39. The highest BCUT2D eigenvalue weighted by Gasteiger charge is 2.08. The topological polar surface area (TPSA) is 40.7 Å². The van der Waals surface area contributed by atoms with Crippen molar-refractivity contribution in [1.82, 2.24) is 15.5 Å². The van der Waals surface area contributed by atoms with Crippen molar-refractivity contribution in [3.63, 3.8) is 0 Å². The number of nitrogens with zero attached hydrogens (tertiary/aromatic N) is 1. The first-order valence-corrected chi connectivity index (χ1v) is 4.37. The third kappa shape index (κ3) is 1.85. The lowest BCUT2D eigenvalue weighted by Gasteiger charge is -2.05. The van der Waals surface area contributed by atoms with Crippen molar-refractivity contribution in [2.75, 3.05) is 7.05 Å². The van der Waals surface area contributed by atoms with E-state index in [1.54, 1.807) is 0 Å². The highest BCUT2D eigenvalue weighted by molar-refractivity contribution is 5.14. The van der Waals surface area contributed by atoms with Gasteiger partial charge in [-0.25, -0.2) is 0 Å². The first-order valence-electron chi connectivity index (χ1n) is 4.37. The van der Waals surface area contributed by atoms with Crippen LogP contribution in [0, 0.1) is 0 Å². The van der Waals surface area contributed by atoms with Crippen molar-refractivity contribution in [2.24, 2.45) is 0 Å². The summed E-state index contributed by atoms with van der Waals surface area (Å²) in [5.74, 6) is 0.499. The second kappa shape index (κ2) is 3.72. The summed E-state index contributed by atoms with van der Waals surface area (Å²) in [6, 6.07) is 2.47. The van der Waals surface area contributed by atoms with Crippen LogP contribution in [0.4, 0.5) is 0 Å². The maximum absolute atomic E-state index is 4.22. The highest BCUT2D eigenvalue weighted by Crippen LogP contribution is 2.15. The van der Waals surface area contributed by atoms with Gasteiger partial charge in [-0.15, -0.1) is 0 Å². The molecule has 3 nitrogen and oxygen atoms in total. The van der Waals surface area contributed by atoms with Gasteiger partial charge in [-0.05, 0) is 26.0 Å². The Morgan fingerprint density at radius 1 is 1.42 bits per heavy atom. The Bertz CT molecular complexity index is 240. The average molecular weight is 167 g/mol. The zero-order valence-electron chi connectivity index (χ0n) is 8.18.